The summed E-state index contributed by atoms with van der Waals surface area (Å²) >= 11 is 2.93. The van der Waals surface area contributed by atoms with Crippen molar-refractivity contribution in [1.82, 2.24) is 9.97 Å². The van der Waals surface area contributed by atoms with Crippen LogP contribution in [0.25, 0.3) is 11.0 Å². The van der Waals surface area contributed by atoms with E-state index in [-0.39, 0.29) is 5.97 Å². The van der Waals surface area contributed by atoms with Crippen molar-refractivity contribution in [3.05, 3.63) is 9.75 Å². The fourth-order valence-corrected chi connectivity index (χ4v) is 2.71. The number of carbonyl (C=O) groups is 1. The zero-order valence-electron chi connectivity index (χ0n) is 8.58. The van der Waals surface area contributed by atoms with Gasteiger partial charge in [-0.05, 0) is 13.2 Å². The molecule has 0 aliphatic carbocycles. The van der Waals surface area contributed by atoms with E-state index in [4.69, 9.17) is 4.74 Å². The van der Waals surface area contributed by atoms with Gasteiger partial charge in [-0.25, -0.2) is 9.78 Å². The molecule has 2 aromatic rings. The van der Waals surface area contributed by atoms with Gasteiger partial charge in [0.2, 0.25) is 0 Å². The molecule has 0 amide bonds. The molecule has 2 rings (SSSR count). The molecule has 80 valence electrons. The molecular weight excluding hydrogens is 232 g/mol. The maximum atomic E-state index is 11.5. The van der Waals surface area contributed by atoms with Crippen molar-refractivity contribution < 1.29 is 9.53 Å². The molecule has 0 saturated carbocycles. The van der Waals surface area contributed by atoms with Gasteiger partial charge in [0.05, 0.1) is 12.6 Å². The van der Waals surface area contributed by atoms with E-state index >= 15 is 0 Å². The van der Waals surface area contributed by atoms with Crippen LogP contribution in [0.15, 0.2) is 5.16 Å². The van der Waals surface area contributed by atoms with Gasteiger partial charge in [0.25, 0.3) is 0 Å². The highest BCUT2D eigenvalue weighted by molar-refractivity contribution is 7.98. The smallest absolute Gasteiger partial charge is 0.350 e. The third-order valence-electron chi connectivity index (χ3n) is 2.06. The number of aromatic amines is 1. The van der Waals surface area contributed by atoms with Crippen molar-refractivity contribution in [2.24, 2.45) is 0 Å². The highest BCUT2D eigenvalue weighted by Crippen LogP contribution is 2.31. The van der Waals surface area contributed by atoms with E-state index in [1.165, 1.54) is 30.2 Å². The number of thioether (sulfide) groups is 1. The second kappa shape index (κ2) is 3.86. The number of H-pyrrole nitrogens is 1. The molecule has 0 aliphatic rings. The molecule has 0 aliphatic heterocycles. The van der Waals surface area contributed by atoms with Crippen molar-refractivity contribution in [2.75, 3.05) is 13.4 Å². The third-order valence-corrected chi connectivity index (χ3v) is 3.72. The fourth-order valence-electron chi connectivity index (χ4n) is 1.36. The minimum Gasteiger partial charge on any atom is -0.465 e. The number of fused-ring (bicyclic) bond motifs is 1. The minimum absolute atomic E-state index is 0.311. The first-order chi connectivity index (χ1) is 7.17. The Labute approximate surface area is 95.0 Å². The van der Waals surface area contributed by atoms with Gasteiger partial charge >= 0.3 is 5.97 Å². The first-order valence-corrected chi connectivity index (χ1v) is 6.33. The Morgan fingerprint density at radius 1 is 1.60 bits per heavy atom. The molecule has 2 heterocycles. The number of aromatic nitrogens is 2. The average Bonchev–Trinajstić information content (AvgIpc) is 2.78. The number of nitrogens with zero attached hydrogens (tertiary/aromatic N) is 1. The number of aryl methyl sites for hydroxylation is 1. The molecule has 0 saturated heterocycles. The van der Waals surface area contributed by atoms with Crippen LogP contribution in [-0.2, 0) is 4.74 Å². The Morgan fingerprint density at radius 2 is 2.33 bits per heavy atom. The second-order valence-corrected chi connectivity index (χ2v) is 4.97. The Bertz CT molecular complexity index is 515. The second-order valence-electron chi connectivity index (χ2n) is 2.95. The predicted molar refractivity (Wildman–Crippen MR) is 61.8 cm³/mol. The van der Waals surface area contributed by atoms with Gasteiger partial charge in [0, 0.05) is 4.88 Å². The van der Waals surface area contributed by atoms with Crippen LogP contribution in [0.1, 0.15) is 14.5 Å². The number of imidazole rings is 1. The van der Waals surface area contributed by atoms with Gasteiger partial charge < -0.3 is 9.72 Å². The van der Waals surface area contributed by atoms with Crippen molar-refractivity contribution in [3.8, 4) is 0 Å². The van der Waals surface area contributed by atoms with Gasteiger partial charge in [-0.3, -0.25) is 0 Å². The summed E-state index contributed by atoms with van der Waals surface area (Å²) in [6, 6.07) is 0. The molecule has 0 spiro atoms. The summed E-state index contributed by atoms with van der Waals surface area (Å²) in [7, 11) is 1.38. The summed E-state index contributed by atoms with van der Waals surface area (Å²) in [6.45, 7) is 1.95. The molecule has 2 aromatic heterocycles. The minimum atomic E-state index is -0.311. The van der Waals surface area contributed by atoms with Crippen LogP contribution < -0.4 is 0 Å². The number of esters is 1. The van der Waals surface area contributed by atoms with Crippen LogP contribution in [-0.4, -0.2) is 29.3 Å². The van der Waals surface area contributed by atoms with E-state index in [1.54, 1.807) is 0 Å². The molecular formula is C9H10N2O2S2. The number of hydrogen-bond donors (Lipinski definition) is 1. The van der Waals surface area contributed by atoms with E-state index in [9.17, 15) is 4.79 Å². The molecule has 0 unspecified atom stereocenters. The Balaban J connectivity index is 2.64. The van der Waals surface area contributed by atoms with Crippen molar-refractivity contribution in [2.45, 2.75) is 12.1 Å². The summed E-state index contributed by atoms with van der Waals surface area (Å²) in [4.78, 5) is 20.6. The van der Waals surface area contributed by atoms with E-state index in [2.05, 4.69) is 9.97 Å². The maximum Gasteiger partial charge on any atom is 0.350 e. The van der Waals surface area contributed by atoms with Crippen molar-refractivity contribution in [1.29, 1.82) is 0 Å². The van der Waals surface area contributed by atoms with Crippen LogP contribution in [0.5, 0.6) is 0 Å². The van der Waals surface area contributed by atoms with Crippen LogP contribution in [0.2, 0.25) is 0 Å². The fraction of sp³-hybridized carbons (Fsp3) is 0.333. The number of methoxy groups -OCH3 is 1. The number of thiophene rings is 1. The van der Waals surface area contributed by atoms with Crippen LogP contribution in [0.3, 0.4) is 0 Å². The standard InChI is InChI=1S/C9H10N2O2S2/c1-4-5-6(11-9(10-5)14-3)7(15-4)8(12)13-2/h1-3H3,(H,10,11). The molecule has 0 atom stereocenters. The van der Waals surface area contributed by atoms with E-state index in [1.807, 2.05) is 13.2 Å². The van der Waals surface area contributed by atoms with Gasteiger partial charge in [-0.2, -0.15) is 0 Å². The predicted octanol–water partition coefficient (Wildman–Crippen LogP) is 2.44. The molecule has 0 bridgehead atoms. The van der Waals surface area contributed by atoms with E-state index < -0.39 is 0 Å². The number of nitrogens with one attached hydrogen (secondary N) is 1. The lowest BCUT2D eigenvalue weighted by Gasteiger charge is -1.93. The first kappa shape index (κ1) is 10.5. The molecule has 6 heteroatoms. The molecule has 4 nitrogen and oxygen atoms in total. The Kier molecular flexibility index (Phi) is 2.70. The van der Waals surface area contributed by atoms with Gasteiger partial charge in [-0.15, -0.1) is 11.3 Å². The molecule has 0 radical (unpaired) electrons. The molecule has 15 heavy (non-hydrogen) atoms. The lowest BCUT2D eigenvalue weighted by atomic mass is 10.3. The summed E-state index contributed by atoms with van der Waals surface area (Å²) in [5.41, 5.74) is 1.65. The van der Waals surface area contributed by atoms with Gasteiger partial charge in [-0.1, -0.05) is 11.8 Å². The number of hydrogen-bond acceptors (Lipinski definition) is 5. The van der Waals surface area contributed by atoms with Gasteiger partial charge in [0.15, 0.2) is 5.16 Å². The highest BCUT2D eigenvalue weighted by Gasteiger charge is 2.19. The summed E-state index contributed by atoms with van der Waals surface area (Å²) in [6.07, 6.45) is 1.94. The average molecular weight is 242 g/mol. The Morgan fingerprint density at radius 3 is 2.93 bits per heavy atom. The van der Waals surface area contributed by atoms with E-state index in [0.717, 1.165) is 21.1 Å². The zero-order valence-corrected chi connectivity index (χ0v) is 10.2. The SMILES string of the molecule is COC(=O)c1sc(C)c2nc(SC)[nH]c12. The number of ether oxygens (including phenoxy) is 1. The first-order valence-electron chi connectivity index (χ1n) is 4.28. The highest BCUT2D eigenvalue weighted by atomic mass is 32.2. The van der Waals surface area contributed by atoms with Gasteiger partial charge in [0.1, 0.15) is 10.4 Å². The summed E-state index contributed by atoms with van der Waals surface area (Å²) in [5.74, 6) is -0.311. The normalized spacial score (nSPS) is 10.9. The largest absolute Gasteiger partial charge is 0.465 e. The monoisotopic (exact) mass is 242 g/mol. The lowest BCUT2D eigenvalue weighted by molar-refractivity contribution is 0.0608. The molecule has 1 N–H and O–H groups in total. The quantitative estimate of drug-likeness (QED) is 0.649. The summed E-state index contributed by atoms with van der Waals surface area (Å²) in [5, 5.41) is 0.820. The topological polar surface area (TPSA) is 55.0 Å². The maximum absolute atomic E-state index is 11.5. The van der Waals surface area contributed by atoms with Crippen molar-refractivity contribution in [3.63, 3.8) is 0 Å². The molecule has 0 fully saturated rings. The summed E-state index contributed by atoms with van der Waals surface area (Å²) < 4.78 is 4.72. The van der Waals surface area contributed by atoms with Crippen molar-refractivity contribution >= 4 is 40.1 Å². The number of carbonyl (C=O) groups excluding carboxylic acids is 1. The Hall–Kier alpha value is -1.01. The number of rotatable bonds is 2. The van der Waals surface area contributed by atoms with Crippen LogP contribution in [0.4, 0.5) is 0 Å². The van der Waals surface area contributed by atoms with Crippen LogP contribution in [0, 0.1) is 6.92 Å². The molecule has 0 aromatic carbocycles. The van der Waals surface area contributed by atoms with E-state index in [0.29, 0.717) is 4.88 Å². The lowest BCUT2D eigenvalue weighted by Crippen LogP contribution is -1.98. The third kappa shape index (κ3) is 1.63. The zero-order chi connectivity index (χ0) is 11.0. The van der Waals surface area contributed by atoms with Crippen LogP contribution >= 0.6 is 23.1 Å².